The van der Waals surface area contributed by atoms with E-state index in [9.17, 15) is 14.3 Å². The van der Waals surface area contributed by atoms with E-state index < -0.39 is 11.6 Å². The van der Waals surface area contributed by atoms with Crippen LogP contribution >= 0.6 is 17.0 Å². The number of hydrogen-bond acceptors (Lipinski definition) is 2. The van der Waals surface area contributed by atoms with Gasteiger partial charge in [-0.2, -0.15) is 0 Å². The molecule has 3 rings (SSSR count). The molecule has 0 saturated heterocycles. The zero-order valence-corrected chi connectivity index (χ0v) is 13.8. The standard InChI is InChI=1S/C14H9FO2.C3H8O.BrH/c15-14(13(16)17)11-7-3-1-5-9(11)10-6-2-4-8-12(10)14;1-2-3-4;/h1-8H,(H,16,17);4H,2-3H2,1H3;1H. The Morgan fingerprint density at radius 2 is 1.41 bits per heavy atom. The maximum absolute atomic E-state index is 14.8. The SMILES string of the molecule is Br.CCCO.O=C(O)C1(F)c2ccccc2-c2ccccc21. The number of halogens is 2. The third kappa shape index (κ3) is 2.91. The van der Waals surface area contributed by atoms with Crippen LogP contribution in [0.1, 0.15) is 24.5 Å². The number of hydrogen-bond donors (Lipinski definition) is 2. The molecule has 0 unspecified atom stereocenters. The molecule has 22 heavy (non-hydrogen) atoms. The molecular formula is C17H18BrFO3. The normalized spacial score (nSPS) is 13.0. The molecule has 0 aromatic heterocycles. The second-order valence-corrected chi connectivity index (χ2v) is 4.78. The minimum Gasteiger partial charge on any atom is -0.478 e. The summed E-state index contributed by atoms with van der Waals surface area (Å²) in [6.07, 6.45) is 0.875. The summed E-state index contributed by atoms with van der Waals surface area (Å²) < 4.78 is 14.8. The van der Waals surface area contributed by atoms with Crippen LogP contribution in [0.15, 0.2) is 48.5 Å². The molecule has 5 heteroatoms. The van der Waals surface area contributed by atoms with Crippen molar-refractivity contribution in [1.29, 1.82) is 0 Å². The van der Waals surface area contributed by atoms with Crippen LogP contribution < -0.4 is 0 Å². The molecule has 118 valence electrons. The molecule has 2 aromatic rings. The van der Waals surface area contributed by atoms with Crippen LogP contribution in [0.2, 0.25) is 0 Å². The Morgan fingerprint density at radius 3 is 1.73 bits per heavy atom. The molecular weight excluding hydrogens is 351 g/mol. The number of rotatable bonds is 2. The molecule has 0 atom stereocenters. The molecule has 0 aliphatic heterocycles. The highest BCUT2D eigenvalue weighted by Gasteiger charge is 2.50. The molecule has 0 bridgehead atoms. The van der Waals surface area contributed by atoms with Gasteiger partial charge in [0, 0.05) is 17.7 Å². The summed E-state index contributed by atoms with van der Waals surface area (Å²) in [7, 11) is 0. The molecule has 0 amide bonds. The highest BCUT2D eigenvalue weighted by Crippen LogP contribution is 2.49. The van der Waals surface area contributed by atoms with Crippen LogP contribution in [-0.4, -0.2) is 22.8 Å². The summed E-state index contributed by atoms with van der Waals surface area (Å²) in [4.78, 5) is 11.3. The Balaban J connectivity index is 0.000000436. The third-order valence-corrected chi connectivity index (χ3v) is 3.40. The molecule has 2 aromatic carbocycles. The first-order chi connectivity index (χ1) is 10.1. The van der Waals surface area contributed by atoms with Crippen molar-refractivity contribution in [3.8, 4) is 11.1 Å². The summed E-state index contributed by atoms with van der Waals surface area (Å²) in [5.41, 5.74) is -0.670. The first-order valence-electron chi connectivity index (χ1n) is 6.79. The van der Waals surface area contributed by atoms with Gasteiger partial charge in [0.25, 0.3) is 5.67 Å². The molecule has 0 spiro atoms. The van der Waals surface area contributed by atoms with Gasteiger partial charge in [-0.3, -0.25) is 0 Å². The monoisotopic (exact) mass is 368 g/mol. The predicted molar refractivity (Wildman–Crippen MR) is 89.1 cm³/mol. The van der Waals surface area contributed by atoms with Gasteiger partial charge in [-0.1, -0.05) is 55.5 Å². The largest absolute Gasteiger partial charge is 0.478 e. The van der Waals surface area contributed by atoms with E-state index in [1.807, 2.05) is 6.92 Å². The summed E-state index contributed by atoms with van der Waals surface area (Å²) in [6, 6.07) is 13.4. The molecule has 1 aliphatic rings. The number of alkyl halides is 1. The van der Waals surface area contributed by atoms with Crippen molar-refractivity contribution >= 4 is 23.0 Å². The van der Waals surface area contributed by atoms with Gasteiger partial charge in [-0.05, 0) is 17.5 Å². The Kier molecular flexibility index (Phi) is 6.26. The number of carboxylic acids is 1. The summed E-state index contributed by atoms with van der Waals surface area (Å²) in [5.74, 6) is -1.46. The zero-order valence-electron chi connectivity index (χ0n) is 12.1. The maximum atomic E-state index is 14.8. The van der Waals surface area contributed by atoms with Gasteiger partial charge in [-0.25, -0.2) is 9.18 Å². The molecule has 0 fully saturated rings. The van der Waals surface area contributed by atoms with Gasteiger partial charge in [0.2, 0.25) is 0 Å². The zero-order chi connectivity index (χ0) is 15.5. The average Bonchev–Trinajstić information content (AvgIpc) is 2.79. The van der Waals surface area contributed by atoms with Crippen molar-refractivity contribution in [2.45, 2.75) is 19.0 Å². The van der Waals surface area contributed by atoms with E-state index in [0.29, 0.717) is 17.7 Å². The second-order valence-electron chi connectivity index (χ2n) is 4.78. The van der Waals surface area contributed by atoms with Gasteiger partial charge in [-0.15, -0.1) is 17.0 Å². The van der Waals surface area contributed by atoms with Crippen molar-refractivity contribution < 1.29 is 19.4 Å². The van der Waals surface area contributed by atoms with Gasteiger partial charge in [0.15, 0.2) is 0 Å². The van der Waals surface area contributed by atoms with E-state index in [1.165, 1.54) is 12.1 Å². The van der Waals surface area contributed by atoms with Crippen LogP contribution in [-0.2, 0) is 10.5 Å². The van der Waals surface area contributed by atoms with E-state index in [2.05, 4.69) is 0 Å². The van der Waals surface area contributed by atoms with Crippen molar-refractivity contribution in [2.24, 2.45) is 0 Å². The number of aliphatic hydroxyl groups is 1. The first-order valence-corrected chi connectivity index (χ1v) is 6.79. The molecule has 0 heterocycles. The van der Waals surface area contributed by atoms with Gasteiger partial charge in [0.05, 0.1) is 0 Å². The van der Waals surface area contributed by atoms with Gasteiger partial charge < -0.3 is 10.2 Å². The Hall–Kier alpha value is -1.72. The molecule has 1 aliphatic carbocycles. The summed E-state index contributed by atoms with van der Waals surface area (Å²) in [5, 5.41) is 17.1. The van der Waals surface area contributed by atoms with Crippen molar-refractivity contribution in [1.82, 2.24) is 0 Å². The topological polar surface area (TPSA) is 57.5 Å². The second kappa shape index (κ2) is 7.51. The number of carboxylic acid groups (broad SMARTS) is 1. The highest BCUT2D eigenvalue weighted by molar-refractivity contribution is 8.93. The van der Waals surface area contributed by atoms with Crippen LogP contribution in [0, 0.1) is 0 Å². The third-order valence-electron chi connectivity index (χ3n) is 3.40. The van der Waals surface area contributed by atoms with Gasteiger partial charge >= 0.3 is 5.97 Å². The van der Waals surface area contributed by atoms with E-state index in [-0.39, 0.29) is 28.1 Å². The first kappa shape index (κ1) is 18.3. The summed E-state index contributed by atoms with van der Waals surface area (Å²) >= 11 is 0. The van der Waals surface area contributed by atoms with E-state index in [4.69, 9.17) is 5.11 Å². The number of benzene rings is 2. The molecule has 3 nitrogen and oxygen atoms in total. The average molecular weight is 369 g/mol. The minimum absolute atomic E-state index is 0. The lowest BCUT2D eigenvalue weighted by Crippen LogP contribution is -2.29. The predicted octanol–water partition coefficient (Wildman–Crippen LogP) is 3.93. The van der Waals surface area contributed by atoms with Gasteiger partial charge in [0.1, 0.15) is 0 Å². The fraction of sp³-hybridized carbons (Fsp3) is 0.235. The lowest BCUT2D eigenvalue weighted by Gasteiger charge is -2.16. The quantitative estimate of drug-likeness (QED) is 0.843. The number of aliphatic carboxylic acids is 1. The Bertz CT molecular complexity index is 610. The van der Waals surface area contributed by atoms with Crippen LogP contribution in [0.25, 0.3) is 11.1 Å². The highest BCUT2D eigenvalue weighted by atomic mass is 79.9. The van der Waals surface area contributed by atoms with Crippen molar-refractivity contribution in [3.05, 3.63) is 59.7 Å². The smallest absolute Gasteiger partial charge is 0.351 e. The van der Waals surface area contributed by atoms with Crippen molar-refractivity contribution in [2.75, 3.05) is 6.61 Å². The van der Waals surface area contributed by atoms with Crippen LogP contribution in [0.5, 0.6) is 0 Å². The molecule has 0 saturated carbocycles. The Labute approximate surface area is 139 Å². The van der Waals surface area contributed by atoms with E-state index >= 15 is 0 Å². The van der Waals surface area contributed by atoms with E-state index in [0.717, 1.165) is 6.42 Å². The van der Waals surface area contributed by atoms with E-state index in [1.54, 1.807) is 36.4 Å². The minimum atomic E-state index is -2.42. The Morgan fingerprint density at radius 1 is 1.05 bits per heavy atom. The lowest BCUT2D eigenvalue weighted by molar-refractivity contribution is -0.148. The number of fused-ring (bicyclic) bond motifs is 3. The fourth-order valence-electron chi connectivity index (χ4n) is 2.41. The lowest BCUT2D eigenvalue weighted by atomic mass is 9.94. The van der Waals surface area contributed by atoms with Crippen molar-refractivity contribution in [3.63, 3.8) is 0 Å². The molecule has 0 radical (unpaired) electrons. The maximum Gasteiger partial charge on any atom is 0.351 e. The molecule has 2 N–H and O–H groups in total. The van der Waals surface area contributed by atoms with Crippen LogP contribution in [0.3, 0.4) is 0 Å². The summed E-state index contributed by atoms with van der Waals surface area (Å²) in [6.45, 7) is 2.25. The number of aliphatic hydroxyl groups excluding tert-OH is 1. The fourth-order valence-corrected chi connectivity index (χ4v) is 2.41. The van der Waals surface area contributed by atoms with Crippen LogP contribution in [0.4, 0.5) is 4.39 Å². The number of carbonyl (C=O) groups is 1.